The molecule has 1 saturated heterocycles. The third-order valence-electron chi connectivity index (χ3n) is 5.13. The van der Waals surface area contributed by atoms with Crippen molar-refractivity contribution in [3.8, 4) is 0 Å². The molecule has 3 aromatic carbocycles. The number of ketones is 1. The third kappa shape index (κ3) is 4.27. The molecule has 0 unspecified atom stereocenters. The summed E-state index contributed by atoms with van der Waals surface area (Å²) >= 11 is 0. The Hall–Kier alpha value is -4.59. The maximum atomic E-state index is 12.8. The van der Waals surface area contributed by atoms with Gasteiger partial charge in [-0.05, 0) is 31.2 Å². The van der Waals surface area contributed by atoms with Crippen LogP contribution in [0.2, 0.25) is 0 Å². The van der Waals surface area contributed by atoms with Crippen LogP contribution in [0.5, 0.6) is 0 Å². The zero-order valence-electron chi connectivity index (χ0n) is 17.6. The van der Waals surface area contributed by atoms with Gasteiger partial charge in [0.1, 0.15) is 6.54 Å². The van der Waals surface area contributed by atoms with Gasteiger partial charge >= 0.3 is 17.8 Å². The minimum Gasteiger partial charge on any atom is -0.324 e. The predicted octanol–water partition coefficient (Wildman–Crippen LogP) is 3.16. The number of amides is 5. The highest BCUT2D eigenvalue weighted by Gasteiger charge is 2.46. The van der Waals surface area contributed by atoms with Crippen LogP contribution < -0.4 is 10.2 Å². The Bertz CT molecular complexity index is 1270. The number of hydrogen-bond donors (Lipinski definition) is 1. The Kier molecular flexibility index (Phi) is 5.82. The summed E-state index contributed by atoms with van der Waals surface area (Å²) in [5, 5.41) is 2.57. The Labute approximate surface area is 189 Å². The van der Waals surface area contributed by atoms with E-state index in [1.807, 2.05) is 6.92 Å². The number of para-hydroxylation sites is 1. The fraction of sp³-hybridized carbons (Fsp3) is 0.0800. The molecule has 5 amide bonds. The highest BCUT2D eigenvalue weighted by molar-refractivity contribution is 6.53. The van der Waals surface area contributed by atoms with E-state index in [1.165, 1.54) is 0 Å². The van der Waals surface area contributed by atoms with Crippen molar-refractivity contribution in [3.63, 3.8) is 0 Å². The normalized spacial score (nSPS) is 13.4. The lowest BCUT2D eigenvalue weighted by Crippen LogP contribution is -2.39. The van der Waals surface area contributed by atoms with Crippen LogP contribution in [-0.4, -0.2) is 41.0 Å². The van der Waals surface area contributed by atoms with Crippen LogP contribution in [0, 0.1) is 6.92 Å². The Balaban J connectivity index is 1.51. The lowest BCUT2D eigenvalue weighted by molar-refractivity contribution is -0.140. The Morgan fingerprint density at radius 1 is 0.788 bits per heavy atom. The van der Waals surface area contributed by atoms with Crippen molar-refractivity contribution in [2.24, 2.45) is 0 Å². The minimum atomic E-state index is -1.09. The van der Waals surface area contributed by atoms with Crippen LogP contribution >= 0.6 is 0 Å². The van der Waals surface area contributed by atoms with Crippen LogP contribution in [-0.2, 0) is 14.4 Å². The number of anilines is 2. The first kappa shape index (κ1) is 21.6. The molecule has 1 N–H and O–H groups in total. The van der Waals surface area contributed by atoms with Gasteiger partial charge < -0.3 is 5.32 Å². The summed E-state index contributed by atoms with van der Waals surface area (Å²) in [5.74, 6) is -3.13. The molecule has 1 aliphatic heterocycles. The number of benzene rings is 3. The molecule has 0 atom stereocenters. The second-order valence-corrected chi connectivity index (χ2v) is 7.44. The molecular formula is C25H19N3O5. The maximum absolute atomic E-state index is 12.8. The van der Waals surface area contributed by atoms with Gasteiger partial charge in [-0.2, -0.15) is 0 Å². The average molecular weight is 441 g/mol. The number of imide groups is 2. The summed E-state index contributed by atoms with van der Waals surface area (Å²) in [6.45, 7) is 1.18. The monoisotopic (exact) mass is 441 g/mol. The fourth-order valence-electron chi connectivity index (χ4n) is 3.43. The number of nitrogens with zero attached hydrogens (tertiary/aromatic N) is 2. The van der Waals surface area contributed by atoms with Gasteiger partial charge in [0.05, 0.1) is 11.4 Å². The van der Waals surface area contributed by atoms with Gasteiger partial charge in [0.2, 0.25) is 5.91 Å². The summed E-state index contributed by atoms with van der Waals surface area (Å²) < 4.78 is 0. The number of urea groups is 1. The first-order valence-electron chi connectivity index (χ1n) is 10.1. The van der Waals surface area contributed by atoms with Crippen molar-refractivity contribution < 1.29 is 24.0 Å². The minimum absolute atomic E-state index is 0.233. The van der Waals surface area contributed by atoms with E-state index in [-0.39, 0.29) is 22.7 Å². The molecule has 0 bridgehead atoms. The van der Waals surface area contributed by atoms with Crippen molar-refractivity contribution in [1.29, 1.82) is 0 Å². The number of nitrogens with one attached hydrogen (secondary N) is 1. The predicted molar refractivity (Wildman–Crippen MR) is 121 cm³/mol. The van der Waals surface area contributed by atoms with Gasteiger partial charge in [0.15, 0.2) is 5.78 Å². The molecule has 8 heteroatoms. The molecule has 0 aliphatic carbocycles. The van der Waals surface area contributed by atoms with Gasteiger partial charge in [0.25, 0.3) is 0 Å². The Morgan fingerprint density at radius 2 is 1.42 bits per heavy atom. The van der Waals surface area contributed by atoms with Crippen molar-refractivity contribution in [2.45, 2.75) is 6.92 Å². The van der Waals surface area contributed by atoms with Crippen LogP contribution in [0.1, 0.15) is 21.5 Å². The van der Waals surface area contributed by atoms with Gasteiger partial charge in [0, 0.05) is 11.1 Å². The molecule has 0 spiro atoms. The Morgan fingerprint density at radius 3 is 2.12 bits per heavy atom. The molecule has 164 valence electrons. The van der Waals surface area contributed by atoms with Gasteiger partial charge in [-0.1, -0.05) is 60.2 Å². The first-order chi connectivity index (χ1) is 15.9. The van der Waals surface area contributed by atoms with Gasteiger partial charge in [-0.3, -0.25) is 19.2 Å². The lowest BCUT2D eigenvalue weighted by atomic mass is 10.0. The van der Waals surface area contributed by atoms with E-state index < -0.39 is 30.3 Å². The standard InChI is InChI=1S/C25H19N3O5/c1-16-11-13-18(14-12-16)28-24(32)23(31)27(25(28)33)15-21(29)26-20-10-6-5-9-19(20)22(30)17-7-3-2-4-8-17/h2-14H,15H2,1H3,(H,26,29). The molecule has 3 aromatic rings. The van der Waals surface area contributed by atoms with E-state index in [0.717, 1.165) is 10.5 Å². The molecular weight excluding hydrogens is 422 g/mol. The van der Waals surface area contributed by atoms with Crippen molar-refractivity contribution in [3.05, 3.63) is 95.6 Å². The second kappa shape index (κ2) is 8.88. The third-order valence-corrected chi connectivity index (χ3v) is 5.13. The van der Waals surface area contributed by atoms with Crippen molar-refractivity contribution in [2.75, 3.05) is 16.8 Å². The zero-order valence-corrected chi connectivity index (χ0v) is 17.6. The smallest absolute Gasteiger partial charge is 0.324 e. The average Bonchev–Trinajstić information content (AvgIpc) is 3.03. The van der Waals surface area contributed by atoms with E-state index in [4.69, 9.17) is 0 Å². The van der Waals surface area contributed by atoms with Gasteiger partial charge in [-0.15, -0.1) is 0 Å². The van der Waals surface area contributed by atoms with Crippen molar-refractivity contribution in [1.82, 2.24) is 4.90 Å². The largest absolute Gasteiger partial charge is 0.339 e. The molecule has 4 rings (SSSR count). The maximum Gasteiger partial charge on any atom is 0.339 e. The zero-order chi connectivity index (χ0) is 23.5. The first-order valence-corrected chi connectivity index (χ1v) is 10.1. The molecule has 8 nitrogen and oxygen atoms in total. The molecule has 1 heterocycles. The number of hydrogen-bond acceptors (Lipinski definition) is 5. The molecule has 33 heavy (non-hydrogen) atoms. The summed E-state index contributed by atoms with van der Waals surface area (Å²) in [4.78, 5) is 64.3. The van der Waals surface area contributed by atoms with Crippen molar-refractivity contribution >= 4 is 40.9 Å². The highest BCUT2D eigenvalue weighted by atomic mass is 16.2. The van der Waals surface area contributed by atoms with Crippen LogP contribution in [0.25, 0.3) is 0 Å². The second-order valence-electron chi connectivity index (χ2n) is 7.44. The summed E-state index contributed by atoms with van der Waals surface area (Å²) in [5.41, 5.74) is 2.10. The number of aryl methyl sites for hydroxylation is 1. The summed E-state index contributed by atoms with van der Waals surface area (Å²) in [7, 11) is 0. The summed E-state index contributed by atoms with van der Waals surface area (Å²) in [6.07, 6.45) is 0. The van der Waals surface area contributed by atoms with E-state index in [1.54, 1.807) is 78.9 Å². The van der Waals surface area contributed by atoms with E-state index >= 15 is 0 Å². The molecule has 0 aromatic heterocycles. The number of carbonyl (C=O) groups excluding carboxylic acids is 5. The molecule has 0 radical (unpaired) electrons. The molecule has 1 aliphatic rings. The number of carbonyl (C=O) groups is 5. The van der Waals surface area contributed by atoms with Gasteiger partial charge in [-0.25, -0.2) is 14.6 Å². The molecule has 0 saturated carbocycles. The number of rotatable bonds is 6. The molecule has 1 fully saturated rings. The van der Waals surface area contributed by atoms with Crippen LogP contribution in [0.3, 0.4) is 0 Å². The van der Waals surface area contributed by atoms with Crippen LogP contribution in [0.4, 0.5) is 16.2 Å². The van der Waals surface area contributed by atoms with E-state index in [2.05, 4.69) is 5.32 Å². The summed E-state index contributed by atoms with van der Waals surface area (Å²) in [6, 6.07) is 20.6. The van der Waals surface area contributed by atoms with E-state index in [0.29, 0.717) is 10.5 Å². The quantitative estimate of drug-likeness (QED) is 0.360. The fourth-order valence-corrected chi connectivity index (χ4v) is 3.43. The highest BCUT2D eigenvalue weighted by Crippen LogP contribution is 2.23. The lowest BCUT2D eigenvalue weighted by Gasteiger charge is -2.16. The van der Waals surface area contributed by atoms with Crippen LogP contribution in [0.15, 0.2) is 78.9 Å². The van der Waals surface area contributed by atoms with E-state index in [9.17, 15) is 24.0 Å². The SMILES string of the molecule is Cc1ccc(N2C(=O)C(=O)N(CC(=O)Nc3ccccc3C(=O)c3ccccc3)C2=O)cc1. The topological polar surface area (TPSA) is 104 Å².